The molecule has 0 aliphatic heterocycles. The summed E-state index contributed by atoms with van der Waals surface area (Å²) in [4.78, 5) is 16.1. The van der Waals surface area contributed by atoms with Crippen LogP contribution in [0.4, 0.5) is 0 Å². The Morgan fingerprint density at radius 3 is 2.59 bits per heavy atom. The number of rotatable bonds is 9. The molecular formula is C22H25NO3S. The summed E-state index contributed by atoms with van der Waals surface area (Å²) in [6.45, 7) is 5.92. The van der Waals surface area contributed by atoms with E-state index in [0.29, 0.717) is 25.3 Å². The molecule has 0 saturated heterocycles. The third-order valence-corrected chi connectivity index (χ3v) is 5.39. The second-order valence-corrected chi connectivity index (χ2v) is 7.49. The molecule has 0 radical (unpaired) electrons. The average molecular weight is 384 g/mol. The van der Waals surface area contributed by atoms with Crippen LogP contribution in [0, 0.1) is 6.92 Å². The van der Waals surface area contributed by atoms with Gasteiger partial charge in [0.25, 0.3) is 5.91 Å². The third-order valence-electron chi connectivity index (χ3n) is 4.38. The molecule has 27 heavy (non-hydrogen) atoms. The molecule has 3 rings (SSSR count). The summed E-state index contributed by atoms with van der Waals surface area (Å²) in [5.41, 5.74) is 1.86. The van der Waals surface area contributed by atoms with Crippen LogP contribution in [0.5, 0.6) is 5.75 Å². The summed E-state index contributed by atoms with van der Waals surface area (Å²) in [6.07, 6.45) is 3.76. The first-order chi connectivity index (χ1) is 13.2. The van der Waals surface area contributed by atoms with E-state index in [1.165, 1.54) is 10.4 Å². The lowest BCUT2D eigenvalue weighted by molar-refractivity contribution is 0.0719. The van der Waals surface area contributed by atoms with Crippen molar-refractivity contribution in [3.8, 4) is 5.75 Å². The van der Waals surface area contributed by atoms with Crippen molar-refractivity contribution in [3.63, 3.8) is 0 Å². The fraction of sp³-hybridized carbons (Fsp3) is 0.318. The lowest BCUT2D eigenvalue weighted by atomic mass is 10.1. The number of ether oxygens (including phenoxy) is 1. The molecule has 1 aromatic carbocycles. The summed E-state index contributed by atoms with van der Waals surface area (Å²) in [6, 6.07) is 13.2. The van der Waals surface area contributed by atoms with Crippen molar-refractivity contribution >= 4 is 17.2 Å². The second-order valence-electron chi connectivity index (χ2n) is 6.49. The Kier molecular flexibility index (Phi) is 6.71. The number of benzene rings is 1. The highest BCUT2D eigenvalue weighted by molar-refractivity contribution is 7.10. The minimum Gasteiger partial charge on any atom is -0.494 e. The van der Waals surface area contributed by atoms with Crippen molar-refractivity contribution in [3.05, 3.63) is 75.9 Å². The molecule has 0 spiro atoms. The number of furan rings is 1. The molecule has 0 unspecified atom stereocenters. The molecule has 0 saturated carbocycles. The number of hydrogen-bond acceptors (Lipinski definition) is 4. The van der Waals surface area contributed by atoms with E-state index >= 15 is 0 Å². The molecule has 2 heterocycles. The number of amides is 1. The van der Waals surface area contributed by atoms with Crippen molar-refractivity contribution in [1.82, 2.24) is 4.90 Å². The van der Waals surface area contributed by atoms with Gasteiger partial charge in [-0.3, -0.25) is 4.79 Å². The van der Waals surface area contributed by atoms with Gasteiger partial charge in [0.1, 0.15) is 11.5 Å². The van der Waals surface area contributed by atoms with Gasteiger partial charge in [-0.15, -0.1) is 11.3 Å². The predicted molar refractivity (Wildman–Crippen MR) is 108 cm³/mol. The number of thiophene rings is 1. The Morgan fingerprint density at radius 2 is 1.96 bits per heavy atom. The lowest BCUT2D eigenvalue weighted by Gasteiger charge is -2.22. The molecule has 2 aromatic heterocycles. The van der Waals surface area contributed by atoms with E-state index in [-0.39, 0.29) is 5.91 Å². The molecule has 0 fully saturated rings. The van der Waals surface area contributed by atoms with Gasteiger partial charge < -0.3 is 14.1 Å². The first-order valence-corrected chi connectivity index (χ1v) is 10.1. The topological polar surface area (TPSA) is 42.7 Å². The van der Waals surface area contributed by atoms with Crippen LogP contribution in [0.2, 0.25) is 0 Å². The van der Waals surface area contributed by atoms with Crippen LogP contribution in [0.1, 0.15) is 46.3 Å². The van der Waals surface area contributed by atoms with E-state index in [1.54, 1.807) is 17.6 Å². The third kappa shape index (κ3) is 5.23. The molecule has 0 bridgehead atoms. The van der Waals surface area contributed by atoms with Crippen molar-refractivity contribution in [1.29, 1.82) is 0 Å². The Bertz CT molecular complexity index is 837. The van der Waals surface area contributed by atoms with Gasteiger partial charge in [-0.2, -0.15) is 0 Å². The van der Waals surface area contributed by atoms with E-state index in [0.717, 1.165) is 24.4 Å². The van der Waals surface area contributed by atoms with Crippen LogP contribution in [0.25, 0.3) is 0 Å². The summed E-state index contributed by atoms with van der Waals surface area (Å²) >= 11 is 1.67. The van der Waals surface area contributed by atoms with Crippen molar-refractivity contribution in [2.45, 2.75) is 39.8 Å². The van der Waals surface area contributed by atoms with Crippen LogP contribution in [0.3, 0.4) is 0 Å². The number of aryl methyl sites for hydroxylation is 1. The Hall–Kier alpha value is -2.53. The SMILES string of the molecule is CCCCOc1ccc(C(=O)N(Cc2ccco2)Cc2sccc2C)cc1. The summed E-state index contributed by atoms with van der Waals surface area (Å²) in [7, 11) is 0. The fourth-order valence-electron chi connectivity index (χ4n) is 2.74. The first kappa shape index (κ1) is 19.2. The minimum atomic E-state index is -0.0145. The number of hydrogen-bond donors (Lipinski definition) is 0. The Morgan fingerprint density at radius 1 is 1.15 bits per heavy atom. The summed E-state index contributed by atoms with van der Waals surface area (Å²) in [5.74, 6) is 1.56. The van der Waals surface area contributed by atoms with Gasteiger partial charge in [0, 0.05) is 10.4 Å². The van der Waals surface area contributed by atoms with Gasteiger partial charge in [-0.25, -0.2) is 0 Å². The monoisotopic (exact) mass is 383 g/mol. The normalized spacial score (nSPS) is 10.7. The van der Waals surface area contributed by atoms with E-state index in [9.17, 15) is 4.79 Å². The van der Waals surface area contributed by atoms with E-state index < -0.39 is 0 Å². The van der Waals surface area contributed by atoms with E-state index in [4.69, 9.17) is 9.15 Å². The maximum atomic E-state index is 13.1. The zero-order valence-corrected chi connectivity index (χ0v) is 16.6. The van der Waals surface area contributed by atoms with E-state index in [2.05, 4.69) is 25.3 Å². The average Bonchev–Trinajstić information content (AvgIpc) is 3.33. The number of unbranched alkanes of at least 4 members (excludes halogenated alkanes) is 1. The molecule has 5 heteroatoms. The smallest absolute Gasteiger partial charge is 0.254 e. The molecule has 0 N–H and O–H groups in total. The summed E-state index contributed by atoms with van der Waals surface area (Å²) in [5, 5.41) is 2.06. The van der Waals surface area contributed by atoms with Crippen molar-refractivity contribution in [2.75, 3.05) is 6.61 Å². The van der Waals surface area contributed by atoms with Crippen LogP contribution < -0.4 is 4.74 Å². The number of carbonyl (C=O) groups is 1. The lowest BCUT2D eigenvalue weighted by Crippen LogP contribution is -2.29. The first-order valence-electron chi connectivity index (χ1n) is 9.25. The quantitative estimate of drug-likeness (QED) is 0.447. The van der Waals surface area contributed by atoms with Crippen LogP contribution in [-0.2, 0) is 13.1 Å². The molecule has 4 nitrogen and oxygen atoms in total. The van der Waals surface area contributed by atoms with Gasteiger partial charge in [-0.1, -0.05) is 13.3 Å². The highest BCUT2D eigenvalue weighted by Gasteiger charge is 2.19. The van der Waals surface area contributed by atoms with Gasteiger partial charge in [0.05, 0.1) is 26.0 Å². The Labute approximate surface area is 164 Å². The molecule has 0 aliphatic rings. The van der Waals surface area contributed by atoms with Gasteiger partial charge in [0.15, 0.2) is 0 Å². The van der Waals surface area contributed by atoms with Gasteiger partial charge in [0.2, 0.25) is 0 Å². The molecule has 1 amide bonds. The van der Waals surface area contributed by atoms with Crippen LogP contribution >= 0.6 is 11.3 Å². The van der Waals surface area contributed by atoms with Gasteiger partial charge >= 0.3 is 0 Å². The second kappa shape index (κ2) is 9.42. The number of carbonyl (C=O) groups excluding carboxylic acids is 1. The Balaban J connectivity index is 1.74. The highest BCUT2D eigenvalue weighted by atomic mass is 32.1. The van der Waals surface area contributed by atoms with Gasteiger partial charge in [-0.05, 0) is 66.8 Å². The summed E-state index contributed by atoms with van der Waals surface area (Å²) < 4.78 is 11.2. The zero-order valence-electron chi connectivity index (χ0n) is 15.8. The fourth-order valence-corrected chi connectivity index (χ4v) is 3.66. The largest absolute Gasteiger partial charge is 0.494 e. The maximum absolute atomic E-state index is 13.1. The molecule has 142 valence electrons. The maximum Gasteiger partial charge on any atom is 0.254 e. The van der Waals surface area contributed by atoms with Crippen LogP contribution in [0.15, 0.2) is 58.5 Å². The van der Waals surface area contributed by atoms with Crippen LogP contribution in [-0.4, -0.2) is 17.4 Å². The minimum absolute atomic E-state index is 0.0145. The van der Waals surface area contributed by atoms with Crippen molar-refractivity contribution in [2.24, 2.45) is 0 Å². The molecule has 0 atom stereocenters. The molecule has 3 aromatic rings. The zero-order chi connectivity index (χ0) is 19.1. The number of nitrogens with zero attached hydrogens (tertiary/aromatic N) is 1. The highest BCUT2D eigenvalue weighted by Crippen LogP contribution is 2.22. The van der Waals surface area contributed by atoms with Crippen molar-refractivity contribution < 1.29 is 13.9 Å². The molecule has 0 aliphatic carbocycles. The van der Waals surface area contributed by atoms with E-state index in [1.807, 2.05) is 41.3 Å². The standard InChI is InChI=1S/C22H25NO3S/c1-3-4-12-25-19-9-7-18(8-10-19)22(24)23(15-20-6-5-13-26-20)16-21-17(2)11-14-27-21/h5-11,13-14H,3-4,12,15-16H2,1-2H3. The predicted octanol–water partition coefficient (Wildman–Crippen LogP) is 5.67. The molecular weight excluding hydrogens is 358 g/mol.